The van der Waals surface area contributed by atoms with E-state index >= 15 is 0 Å². The highest BCUT2D eigenvalue weighted by molar-refractivity contribution is 9.10. The Morgan fingerprint density at radius 2 is 1.65 bits per heavy atom. The first kappa shape index (κ1) is 12.3. The molecule has 0 heterocycles. The van der Waals surface area contributed by atoms with Crippen LogP contribution in [0.1, 0.15) is 16.7 Å². The molecule has 1 nitrogen and oxygen atoms in total. The van der Waals surface area contributed by atoms with Crippen LogP contribution >= 0.6 is 15.9 Å². The summed E-state index contributed by atoms with van der Waals surface area (Å²) in [6.07, 6.45) is 0.991. The second-order valence-corrected chi connectivity index (χ2v) is 5.07. The van der Waals surface area contributed by atoms with E-state index in [1.165, 1.54) is 16.7 Å². The molecule has 17 heavy (non-hydrogen) atoms. The lowest BCUT2D eigenvalue weighted by Crippen LogP contribution is -2.05. The zero-order valence-electron chi connectivity index (χ0n) is 9.91. The van der Waals surface area contributed by atoms with E-state index in [9.17, 15) is 0 Å². The third kappa shape index (κ3) is 3.69. The molecule has 0 aliphatic carbocycles. The van der Waals surface area contributed by atoms with Crippen molar-refractivity contribution >= 4 is 15.9 Å². The standard InChI is InChI=1S/C15H16BrN/c1-17-11-14-4-2-3-13(10-14)9-12-5-7-15(16)8-6-12/h2-8,10,17H,9,11H2,1H3. The Morgan fingerprint density at radius 1 is 0.941 bits per heavy atom. The zero-order valence-corrected chi connectivity index (χ0v) is 11.5. The molecule has 0 fully saturated rings. The van der Waals surface area contributed by atoms with Gasteiger partial charge in [-0.25, -0.2) is 0 Å². The Balaban J connectivity index is 2.12. The van der Waals surface area contributed by atoms with Crippen molar-refractivity contribution in [2.45, 2.75) is 13.0 Å². The average Bonchev–Trinajstić information content (AvgIpc) is 2.33. The minimum absolute atomic E-state index is 0.925. The summed E-state index contributed by atoms with van der Waals surface area (Å²) in [5.74, 6) is 0. The molecule has 0 saturated carbocycles. The van der Waals surface area contributed by atoms with E-state index < -0.39 is 0 Å². The minimum atomic E-state index is 0.925. The fraction of sp³-hybridized carbons (Fsp3) is 0.200. The summed E-state index contributed by atoms with van der Waals surface area (Å²) in [6, 6.07) is 17.2. The Kier molecular flexibility index (Phi) is 4.35. The molecule has 2 rings (SSSR count). The van der Waals surface area contributed by atoms with Crippen molar-refractivity contribution < 1.29 is 0 Å². The second-order valence-electron chi connectivity index (χ2n) is 4.15. The fourth-order valence-electron chi connectivity index (χ4n) is 1.89. The van der Waals surface area contributed by atoms with E-state index in [-0.39, 0.29) is 0 Å². The van der Waals surface area contributed by atoms with Gasteiger partial charge in [0.05, 0.1) is 0 Å². The molecule has 0 unspecified atom stereocenters. The topological polar surface area (TPSA) is 12.0 Å². The van der Waals surface area contributed by atoms with Crippen LogP contribution in [0, 0.1) is 0 Å². The number of nitrogens with one attached hydrogen (secondary N) is 1. The molecule has 1 N–H and O–H groups in total. The van der Waals surface area contributed by atoms with Crippen molar-refractivity contribution in [1.82, 2.24) is 5.32 Å². The van der Waals surface area contributed by atoms with E-state index in [4.69, 9.17) is 0 Å². The Labute approximate surface area is 111 Å². The van der Waals surface area contributed by atoms with Crippen LogP contribution < -0.4 is 5.32 Å². The molecule has 0 radical (unpaired) electrons. The monoisotopic (exact) mass is 289 g/mol. The van der Waals surface area contributed by atoms with E-state index in [1.807, 2.05) is 7.05 Å². The molecular weight excluding hydrogens is 274 g/mol. The SMILES string of the molecule is CNCc1cccc(Cc2ccc(Br)cc2)c1. The highest BCUT2D eigenvalue weighted by Crippen LogP contribution is 2.15. The van der Waals surface area contributed by atoms with Gasteiger partial charge in [0.25, 0.3) is 0 Å². The maximum absolute atomic E-state index is 3.45. The van der Waals surface area contributed by atoms with Gasteiger partial charge in [0.15, 0.2) is 0 Å². The van der Waals surface area contributed by atoms with Gasteiger partial charge in [0.1, 0.15) is 0 Å². The van der Waals surface area contributed by atoms with E-state index in [0.717, 1.165) is 17.4 Å². The molecule has 0 aromatic heterocycles. The van der Waals surface area contributed by atoms with Crippen molar-refractivity contribution in [1.29, 1.82) is 0 Å². The summed E-state index contributed by atoms with van der Waals surface area (Å²) < 4.78 is 1.13. The lowest BCUT2D eigenvalue weighted by atomic mass is 10.0. The third-order valence-corrected chi connectivity index (χ3v) is 3.22. The molecule has 88 valence electrons. The first-order valence-corrected chi connectivity index (χ1v) is 6.54. The van der Waals surface area contributed by atoms with Gasteiger partial charge in [0, 0.05) is 11.0 Å². The largest absolute Gasteiger partial charge is 0.316 e. The first-order valence-electron chi connectivity index (χ1n) is 5.75. The van der Waals surface area contributed by atoms with Crippen LogP contribution in [0.2, 0.25) is 0 Å². The molecule has 0 spiro atoms. The zero-order chi connectivity index (χ0) is 12.1. The quantitative estimate of drug-likeness (QED) is 0.904. The number of halogens is 1. The van der Waals surface area contributed by atoms with Crippen LogP contribution in [-0.2, 0) is 13.0 Å². The van der Waals surface area contributed by atoms with Gasteiger partial charge in [-0.05, 0) is 42.3 Å². The van der Waals surface area contributed by atoms with Crippen molar-refractivity contribution in [3.63, 3.8) is 0 Å². The highest BCUT2D eigenvalue weighted by atomic mass is 79.9. The van der Waals surface area contributed by atoms with Crippen LogP contribution in [-0.4, -0.2) is 7.05 Å². The molecule has 0 amide bonds. The van der Waals surface area contributed by atoms with Crippen molar-refractivity contribution in [2.24, 2.45) is 0 Å². The van der Waals surface area contributed by atoms with E-state index in [1.54, 1.807) is 0 Å². The number of rotatable bonds is 4. The van der Waals surface area contributed by atoms with Crippen LogP contribution in [0.25, 0.3) is 0 Å². The van der Waals surface area contributed by atoms with Gasteiger partial charge in [-0.15, -0.1) is 0 Å². The maximum Gasteiger partial charge on any atom is 0.0202 e. The molecule has 0 bridgehead atoms. The number of benzene rings is 2. The number of hydrogen-bond donors (Lipinski definition) is 1. The van der Waals surface area contributed by atoms with Crippen molar-refractivity contribution in [2.75, 3.05) is 7.05 Å². The van der Waals surface area contributed by atoms with Crippen LogP contribution in [0.15, 0.2) is 53.0 Å². The molecule has 0 aliphatic rings. The number of hydrogen-bond acceptors (Lipinski definition) is 1. The summed E-state index contributed by atoms with van der Waals surface area (Å²) in [6.45, 7) is 0.925. The molecule has 0 saturated heterocycles. The lowest BCUT2D eigenvalue weighted by Gasteiger charge is -2.05. The van der Waals surface area contributed by atoms with Gasteiger partial charge in [-0.1, -0.05) is 52.3 Å². The van der Waals surface area contributed by atoms with Gasteiger partial charge in [0.2, 0.25) is 0 Å². The van der Waals surface area contributed by atoms with Gasteiger partial charge < -0.3 is 5.32 Å². The third-order valence-electron chi connectivity index (χ3n) is 2.69. The fourth-order valence-corrected chi connectivity index (χ4v) is 2.16. The summed E-state index contributed by atoms with van der Waals surface area (Å²) in [5.41, 5.74) is 4.04. The first-order chi connectivity index (χ1) is 8.28. The Morgan fingerprint density at radius 3 is 2.35 bits per heavy atom. The summed E-state index contributed by atoms with van der Waals surface area (Å²) in [5, 5.41) is 3.18. The predicted octanol–water partition coefficient (Wildman–Crippen LogP) is 3.76. The van der Waals surface area contributed by atoms with Crippen LogP contribution in [0.5, 0.6) is 0 Å². The Bertz CT molecular complexity index is 477. The molecule has 0 aliphatic heterocycles. The Hall–Kier alpha value is -1.12. The van der Waals surface area contributed by atoms with E-state index in [2.05, 4.69) is 69.8 Å². The van der Waals surface area contributed by atoms with Crippen LogP contribution in [0.3, 0.4) is 0 Å². The molecule has 2 heteroatoms. The van der Waals surface area contributed by atoms with Gasteiger partial charge in [-0.3, -0.25) is 0 Å². The summed E-state index contributed by atoms with van der Waals surface area (Å²) in [4.78, 5) is 0. The summed E-state index contributed by atoms with van der Waals surface area (Å²) >= 11 is 3.45. The molecule has 2 aromatic carbocycles. The summed E-state index contributed by atoms with van der Waals surface area (Å²) in [7, 11) is 1.97. The van der Waals surface area contributed by atoms with Crippen molar-refractivity contribution in [3.05, 3.63) is 69.7 Å². The minimum Gasteiger partial charge on any atom is -0.316 e. The molecule has 2 aromatic rings. The maximum atomic E-state index is 3.45. The smallest absolute Gasteiger partial charge is 0.0202 e. The highest BCUT2D eigenvalue weighted by Gasteiger charge is 1.98. The second kappa shape index (κ2) is 5.99. The van der Waals surface area contributed by atoms with Gasteiger partial charge >= 0.3 is 0 Å². The molecule has 0 atom stereocenters. The normalized spacial score (nSPS) is 10.5. The average molecular weight is 290 g/mol. The molecular formula is C15H16BrN. The van der Waals surface area contributed by atoms with Gasteiger partial charge in [-0.2, -0.15) is 0 Å². The predicted molar refractivity (Wildman–Crippen MR) is 76.2 cm³/mol. The lowest BCUT2D eigenvalue weighted by molar-refractivity contribution is 0.816. The van der Waals surface area contributed by atoms with E-state index in [0.29, 0.717) is 0 Å². The van der Waals surface area contributed by atoms with Crippen molar-refractivity contribution in [3.8, 4) is 0 Å². The van der Waals surface area contributed by atoms with Crippen LogP contribution in [0.4, 0.5) is 0 Å².